The molecule has 6 nitrogen and oxygen atoms in total. The van der Waals surface area contributed by atoms with Crippen molar-refractivity contribution in [3.05, 3.63) is 70.2 Å². The zero-order valence-electron chi connectivity index (χ0n) is 18.8. The molecule has 33 heavy (non-hydrogen) atoms. The van der Waals surface area contributed by atoms with Crippen molar-refractivity contribution in [3.63, 3.8) is 0 Å². The summed E-state index contributed by atoms with van der Waals surface area (Å²) in [5.74, 6) is 0.450. The molecule has 1 amide bonds. The maximum atomic E-state index is 13.4. The summed E-state index contributed by atoms with van der Waals surface area (Å²) in [4.78, 5) is 20.1. The van der Waals surface area contributed by atoms with Crippen LogP contribution in [0.2, 0.25) is 10.0 Å². The molecule has 1 aromatic carbocycles. The summed E-state index contributed by atoms with van der Waals surface area (Å²) in [6, 6.07) is 9.75. The fourth-order valence-electron chi connectivity index (χ4n) is 5.60. The lowest BCUT2D eigenvalue weighted by Crippen LogP contribution is -2.62. The highest BCUT2D eigenvalue weighted by Gasteiger charge is 2.50. The summed E-state index contributed by atoms with van der Waals surface area (Å²) in [7, 11) is 4.09. The number of hydrogen-bond donors (Lipinski definition) is 1. The van der Waals surface area contributed by atoms with E-state index >= 15 is 0 Å². The van der Waals surface area contributed by atoms with Crippen molar-refractivity contribution in [1.29, 1.82) is 0 Å². The number of carbonyl (C=O) groups excluding carboxylic acids is 1. The predicted octanol–water partition coefficient (Wildman–Crippen LogP) is 5.13. The van der Waals surface area contributed by atoms with E-state index in [-0.39, 0.29) is 28.2 Å². The molecule has 0 spiro atoms. The van der Waals surface area contributed by atoms with Gasteiger partial charge in [0.25, 0.3) is 5.91 Å². The zero-order valence-corrected chi connectivity index (χ0v) is 20.3. The molecule has 4 heterocycles. The normalized spacial score (nSPS) is 23.5. The van der Waals surface area contributed by atoms with Gasteiger partial charge in [0.05, 0.1) is 22.3 Å². The van der Waals surface area contributed by atoms with Crippen molar-refractivity contribution < 1.29 is 4.79 Å². The number of halogens is 2. The molecule has 0 radical (unpaired) electrons. The van der Waals surface area contributed by atoms with Gasteiger partial charge in [-0.3, -0.25) is 14.4 Å². The highest BCUT2D eigenvalue weighted by atomic mass is 35.5. The van der Waals surface area contributed by atoms with Gasteiger partial charge in [-0.25, -0.2) is 4.98 Å². The predicted molar refractivity (Wildman–Crippen MR) is 130 cm³/mol. The second kappa shape index (κ2) is 8.75. The van der Waals surface area contributed by atoms with Crippen LogP contribution >= 0.6 is 23.2 Å². The van der Waals surface area contributed by atoms with E-state index in [0.717, 1.165) is 42.0 Å². The van der Waals surface area contributed by atoms with Gasteiger partial charge in [0.1, 0.15) is 5.69 Å². The Hall–Kier alpha value is -2.41. The minimum atomic E-state index is -0.288. The number of aryl methyl sites for hydroxylation is 1. The Morgan fingerprint density at radius 3 is 2.61 bits per heavy atom. The summed E-state index contributed by atoms with van der Waals surface area (Å²) in [5, 5.41) is 8.29. The number of hydrogen-bond acceptors (Lipinski definition) is 4. The van der Waals surface area contributed by atoms with E-state index in [1.807, 2.05) is 19.4 Å². The van der Waals surface area contributed by atoms with Gasteiger partial charge >= 0.3 is 0 Å². The minimum absolute atomic E-state index is 0.156. The van der Waals surface area contributed by atoms with Crippen LogP contribution in [0.4, 0.5) is 0 Å². The lowest BCUT2D eigenvalue weighted by Gasteiger charge is -2.57. The Morgan fingerprint density at radius 2 is 1.94 bits per heavy atom. The first kappa shape index (κ1) is 22.4. The number of fused-ring (bicyclic) bond motifs is 3. The Balaban J connectivity index is 1.55. The van der Waals surface area contributed by atoms with Gasteiger partial charge < -0.3 is 5.32 Å². The Morgan fingerprint density at radius 1 is 1.15 bits per heavy atom. The molecule has 1 aliphatic carbocycles. The van der Waals surface area contributed by atoms with Gasteiger partial charge in [-0.1, -0.05) is 41.4 Å². The molecule has 3 aromatic rings. The topological polar surface area (TPSA) is 63.1 Å². The van der Waals surface area contributed by atoms with Crippen molar-refractivity contribution in [1.82, 2.24) is 25.0 Å². The monoisotopic (exact) mass is 483 g/mol. The van der Waals surface area contributed by atoms with Gasteiger partial charge in [-0.15, -0.1) is 0 Å². The average Bonchev–Trinajstić information content (AvgIpc) is 3.24. The molecular formula is C25H27Cl2N5O. The number of likely N-dealkylation sites (N-methyl/N-ethyl adjacent to an activating group) is 1. The van der Waals surface area contributed by atoms with E-state index < -0.39 is 0 Å². The average molecular weight is 484 g/mol. The van der Waals surface area contributed by atoms with Crippen LogP contribution in [-0.4, -0.2) is 44.7 Å². The van der Waals surface area contributed by atoms with Crippen LogP contribution in [0.3, 0.4) is 0 Å². The van der Waals surface area contributed by atoms with Crippen molar-refractivity contribution >= 4 is 29.1 Å². The van der Waals surface area contributed by atoms with Crippen molar-refractivity contribution in [2.45, 2.75) is 37.3 Å². The van der Waals surface area contributed by atoms with E-state index in [2.05, 4.69) is 51.6 Å². The lowest BCUT2D eigenvalue weighted by atomic mass is 9.65. The zero-order chi connectivity index (χ0) is 23.2. The van der Waals surface area contributed by atoms with Crippen LogP contribution < -0.4 is 5.32 Å². The molecule has 2 aromatic heterocycles. The first-order valence-electron chi connectivity index (χ1n) is 11.3. The quantitative estimate of drug-likeness (QED) is 0.545. The van der Waals surface area contributed by atoms with Crippen LogP contribution in [0.1, 0.15) is 47.8 Å². The summed E-state index contributed by atoms with van der Waals surface area (Å²) < 4.78 is 1.80. The van der Waals surface area contributed by atoms with E-state index in [1.54, 1.807) is 10.7 Å². The van der Waals surface area contributed by atoms with Crippen molar-refractivity contribution in [2.24, 2.45) is 13.0 Å². The number of aromatic nitrogens is 3. The molecule has 1 atom stereocenters. The van der Waals surface area contributed by atoms with Crippen LogP contribution in [0.5, 0.6) is 0 Å². The molecule has 1 saturated carbocycles. The Labute approximate surface area is 203 Å². The molecule has 3 aliphatic rings. The number of rotatable bonds is 5. The third kappa shape index (κ3) is 4.16. The molecule has 2 aliphatic heterocycles. The second-order valence-electron chi connectivity index (χ2n) is 9.35. The number of benzene rings is 1. The summed E-state index contributed by atoms with van der Waals surface area (Å²) in [6.45, 7) is 1.05. The largest absolute Gasteiger partial charge is 0.342 e. The molecule has 2 saturated heterocycles. The molecule has 1 unspecified atom stereocenters. The van der Waals surface area contributed by atoms with Crippen molar-refractivity contribution in [2.75, 3.05) is 13.6 Å². The standard InChI is InChI=1S/C25H27Cl2N5O/c1-31-14-16-6-8-25(31,9-7-16)23(30-24(33)22-21(27)11-20(26)13-28-22)18-5-3-4-17(10-18)19-12-29-32(2)15-19/h3-5,10-13,15-16,23H,6-9,14H2,1-2H3,(H,30,33). The van der Waals surface area contributed by atoms with Gasteiger partial charge in [0.15, 0.2) is 0 Å². The number of nitrogens with zero attached hydrogens (tertiary/aromatic N) is 4. The Kier molecular flexibility index (Phi) is 5.93. The summed E-state index contributed by atoms with van der Waals surface area (Å²) >= 11 is 12.3. The van der Waals surface area contributed by atoms with Gasteiger partial charge in [-0.05, 0) is 61.9 Å². The lowest BCUT2D eigenvalue weighted by molar-refractivity contribution is -0.0404. The fraction of sp³-hybridized carbons (Fsp3) is 0.400. The molecule has 172 valence electrons. The van der Waals surface area contributed by atoms with E-state index in [4.69, 9.17) is 23.2 Å². The van der Waals surface area contributed by atoms with Crippen LogP contribution in [-0.2, 0) is 7.05 Å². The summed E-state index contributed by atoms with van der Waals surface area (Å²) in [6.07, 6.45) is 9.76. The highest BCUT2D eigenvalue weighted by Crippen LogP contribution is 2.49. The number of amides is 1. The minimum Gasteiger partial charge on any atom is -0.342 e. The Bertz CT molecular complexity index is 1190. The molecule has 3 fully saturated rings. The molecule has 8 heteroatoms. The van der Waals surface area contributed by atoms with Crippen LogP contribution in [0.25, 0.3) is 11.1 Å². The maximum absolute atomic E-state index is 13.4. The first-order chi connectivity index (χ1) is 15.9. The molecule has 2 bridgehead atoms. The maximum Gasteiger partial charge on any atom is 0.271 e. The van der Waals surface area contributed by atoms with Gasteiger partial charge in [-0.2, -0.15) is 5.10 Å². The molecule has 6 rings (SSSR count). The molecule has 1 N–H and O–H groups in total. The fourth-order valence-corrected chi connectivity index (χ4v) is 6.06. The number of nitrogens with one attached hydrogen (secondary N) is 1. The summed E-state index contributed by atoms with van der Waals surface area (Å²) in [5.41, 5.74) is 3.23. The second-order valence-corrected chi connectivity index (χ2v) is 10.2. The first-order valence-corrected chi connectivity index (χ1v) is 12.0. The molecular weight excluding hydrogens is 457 g/mol. The van der Waals surface area contributed by atoms with E-state index in [0.29, 0.717) is 5.02 Å². The number of carbonyl (C=O) groups is 1. The van der Waals surface area contributed by atoms with Gasteiger partial charge in [0, 0.05) is 37.1 Å². The van der Waals surface area contributed by atoms with Crippen LogP contribution in [0.15, 0.2) is 48.9 Å². The van der Waals surface area contributed by atoms with Gasteiger partial charge in [0.2, 0.25) is 0 Å². The third-order valence-corrected chi connectivity index (χ3v) is 7.85. The highest BCUT2D eigenvalue weighted by molar-refractivity contribution is 6.36. The number of piperidine rings is 2. The SMILES string of the molecule is CN1CC2CCC1(C(NC(=O)c1ncc(Cl)cc1Cl)c1cccc(-c3cnn(C)c3)c1)CC2. The van der Waals surface area contributed by atoms with Crippen molar-refractivity contribution in [3.8, 4) is 11.1 Å². The smallest absolute Gasteiger partial charge is 0.271 e. The third-order valence-electron chi connectivity index (χ3n) is 7.36. The van der Waals surface area contributed by atoms with E-state index in [1.165, 1.54) is 19.0 Å². The van der Waals surface area contributed by atoms with E-state index in [9.17, 15) is 4.79 Å². The number of pyridine rings is 1. The van der Waals surface area contributed by atoms with Crippen LogP contribution in [0, 0.1) is 5.92 Å².